The lowest BCUT2D eigenvalue weighted by Crippen LogP contribution is -2.15. The van der Waals surface area contributed by atoms with Crippen LogP contribution in [0.25, 0.3) is 0 Å². The fourth-order valence-electron chi connectivity index (χ4n) is 2.56. The fourth-order valence-corrected chi connectivity index (χ4v) is 4.36. The van der Waals surface area contributed by atoms with Gasteiger partial charge in [0.1, 0.15) is 10.8 Å². The molecular formula is C15H25N3S2. The predicted octanol–water partition coefficient (Wildman–Crippen LogP) is 4.69. The van der Waals surface area contributed by atoms with Crippen LogP contribution in [-0.2, 0) is 0 Å². The number of nitrogens with zero attached hydrogens (tertiary/aromatic N) is 2. The molecule has 1 heterocycles. The van der Waals surface area contributed by atoms with E-state index in [2.05, 4.69) is 35.2 Å². The van der Waals surface area contributed by atoms with Crippen molar-refractivity contribution in [2.24, 2.45) is 5.92 Å². The van der Waals surface area contributed by atoms with Gasteiger partial charge in [-0.2, -0.15) is 0 Å². The van der Waals surface area contributed by atoms with E-state index >= 15 is 0 Å². The summed E-state index contributed by atoms with van der Waals surface area (Å²) in [5.74, 6) is 1.83. The highest BCUT2D eigenvalue weighted by Crippen LogP contribution is 2.36. The van der Waals surface area contributed by atoms with E-state index in [1.54, 1.807) is 11.8 Å². The number of rotatable bonds is 6. The van der Waals surface area contributed by atoms with E-state index < -0.39 is 0 Å². The van der Waals surface area contributed by atoms with Crippen molar-refractivity contribution in [1.29, 1.82) is 0 Å². The van der Waals surface area contributed by atoms with Crippen LogP contribution in [0.5, 0.6) is 0 Å². The third-order valence-corrected chi connectivity index (χ3v) is 5.36. The van der Waals surface area contributed by atoms with Crippen LogP contribution in [-0.4, -0.2) is 28.0 Å². The highest BCUT2D eigenvalue weighted by molar-refractivity contribution is 8.00. The Hall–Kier alpha value is -0.420. The normalized spacial score (nSPS) is 22.8. The molecule has 20 heavy (non-hydrogen) atoms. The lowest BCUT2D eigenvalue weighted by atomic mass is 9.91. The van der Waals surface area contributed by atoms with Crippen molar-refractivity contribution in [2.45, 2.75) is 61.4 Å². The molecule has 1 aliphatic carbocycles. The number of aromatic nitrogens is 2. The van der Waals surface area contributed by atoms with Crippen LogP contribution in [0.4, 0.5) is 5.82 Å². The molecule has 1 fully saturated rings. The first-order valence-corrected chi connectivity index (χ1v) is 9.65. The molecule has 112 valence electrons. The summed E-state index contributed by atoms with van der Waals surface area (Å²) in [5.41, 5.74) is 0. The molecule has 0 saturated heterocycles. The Labute approximate surface area is 131 Å². The van der Waals surface area contributed by atoms with Crippen LogP contribution in [0.3, 0.4) is 0 Å². The van der Waals surface area contributed by atoms with Gasteiger partial charge in [-0.1, -0.05) is 38.5 Å². The topological polar surface area (TPSA) is 37.8 Å². The first kappa shape index (κ1) is 16.0. The lowest BCUT2D eigenvalue weighted by Gasteiger charge is -2.25. The Morgan fingerprint density at radius 2 is 2.20 bits per heavy atom. The molecule has 1 saturated carbocycles. The van der Waals surface area contributed by atoms with Crippen molar-refractivity contribution in [1.82, 2.24) is 9.97 Å². The molecule has 0 radical (unpaired) electrons. The van der Waals surface area contributed by atoms with E-state index in [-0.39, 0.29) is 0 Å². The molecular weight excluding hydrogens is 286 g/mol. The summed E-state index contributed by atoms with van der Waals surface area (Å²) in [7, 11) is 0. The van der Waals surface area contributed by atoms with Gasteiger partial charge in [-0.05, 0) is 31.4 Å². The Kier molecular flexibility index (Phi) is 6.49. The fraction of sp³-hybridized carbons (Fsp3) is 0.733. The maximum atomic E-state index is 4.65. The lowest BCUT2D eigenvalue weighted by molar-refractivity contribution is 0.394. The number of thioether (sulfide) groups is 2. The van der Waals surface area contributed by atoms with Crippen LogP contribution in [0, 0.1) is 5.92 Å². The van der Waals surface area contributed by atoms with Crippen molar-refractivity contribution in [3.05, 3.63) is 6.07 Å². The van der Waals surface area contributed by atoms with Crippen LogP contribution in [0.1, 0.15) is 46.0 Å². The van der Waals surface area contributed by atoms with E-state index in [0.717, 1.165) is 40.1 Å². The van der Waals surface area contributed by atoms with Gasteiger partial charge in [-0.3, -0.25) is 0 Å². The Morgan fingerprint density at radius 1 is 1.35 bits per heavy atom. The number of hydrogen-bond acceptors (Lipinski definition) is 5. The maximum Gasteiger partial charge on any atom is 0.190 e. The van der Waals surface area contributed by atoms with Gasteiger partial charge in [0.25, 0.3) is 0 Å². The second-order valence-electron chi connectivity index (χ2n) is 5.52. The van der Waals surface area contributed by atoms with Crippen molar-refractivity contribution < 1.29 is 0 Å². The van der Waals surface area contributed by atoms with Crippen LogP contribution in [0.2, 0.25) is 0 Å². The third-order valence-electron chi connectivity index (χ3n) is 3.60. The molecule has 2 unspecified atom stereocenters. The second-order valence-corrected chi connectivity index (χ2v) is 7.61. The Bertz CT molecular complexity index is 426. The summed E-state index contributed by atoms with van der Waals surface area (Å²) < 4.78 is 0. The monoisotopic (exact) mass is 311 g/mol. The first-order chi connectivity index (χ1) is 9.71. The van der Waals surface area contributed by atoms with Crippen molar-refractivity contribution >= 4 is 29.3 Å². The summed E-state index contributed by atoms with van der Waals surface area (Å²) in [6, 6.07) is 2.11. The molecule has 2 rings (SSSR count). The molecule has 1 aromatic rings. The minimum absolute atomic E-state index is 0.724. The van der Waals surface area contributed by atoms with E-state index in [1.807, 2.05) is 18.0 Å². The van der Waals surface area contributed by atoms with Crippen molar-refractivity contribution in [2.75, 3.05) is 18.1 Å². The molecule has 0 aromatic carbocycles. The second kappa shape index (κ2) is 8.13. The molecule has 3 nitrogen and oxygen atoms in total. The number of nitrogens with one attached hydrogen (secondary N) is 1. The van der Waals surface area contributed by atoms with Crippen LogP contribution in [0.15, 0.2) is 16.2 Å². The zero-order valence-corrected chi connectivity index (χ0v) is 14.3. The molecule has 0 bridgehead atoms. The zero-order chi connectivity index (χ0) is 14.4. The molecule has 2 atom stereocenters. The minimum Gasteiger partial charge on any atom is -0.370 e. The SMILES string of the molecule is CCCNc1cc(SC2CCCC(C)C2)nc(SC)n1. The predicted molar refractivity (Wildman–Crippen MR) is 89.9 cm³/mol. The number of hydrogen-bond donors (Lipinski definition) is 1. The van der Waals surface area contributed by atoms with E-state index in [4.69, 9.17) is 0 Å². The quantitative estimate of drug-likeness (QED) is 0.468. The molecule has 1 aromatic heterocycles. The van der Waals surface area contributed by atoms with Gasteiger partial charge in [0.05, 0.1) is 0 Å². The summed E-state index contributed by atoms with van der Waals surface area (Å²) in [6.07, 6.45) is 8.55. The van der Waals surface area contributed by atoms with Gasteiger partial charge < -0.3 is 5.32 Å². The van der Waals surface area contributed by atoms with E-state index in [1.165, 1.54) is 25.7 Å². The average molecular weight is 312 g/mol. The highest BCUT2D eigenvalue weighted by Gasteiger charge is 2.20. The summed E-state index contributed by atoms with van der Waals surface area (Å²) in [4.78, 5) is 9.18. The molecule has 0 spiro atoms. The van der Waals surface area contributed by atoms with E-state index in [9.17, 15) is 0 Å². The van der Waals surface area contributed by atoms with Gasteiger partial charge in [0.15, 0.2) is 5.16 Å². The summed E-state index contributed by atoms with van der Waals surface area (Å²) in [6.45, 7) is 5.51. The molecule has 1 N–H and O–H groups in total. The van der Waals surface area contributed by atoms with Gasteiger partial charge in [-0.25, -0.2) is 9.97 Å². The molecule has 0 amide bonds. The molecule has 5 heteroatoms. The largest absolute Gasteiger partial charge is 0.370 e. The summed E-state index contributed by atoms with van der Waals surface area (Å²) in [5, 5.41) is 6.10. The van der Waals surface area contributed by atoms with Gasteiger partial charge in [0.2, 0.25) is 0 Å². The standard InChI is InChI=1S/C15H25N3S2/c1-4-8-16-13-10-14(18-15(17-13)19-3)20-12-7-5-6-11(2)9-12/h10-12H,4-9H2,1-3H3,(H,16,17,18). The number of anilines is 1. The van der Waals surface area contributed by atoms with Crippen LogP contribution >= 0.6 is 23.5 Å². The van der Waals surface area contributed by atoms with Crippen molar-refractivity contribution in [3.8, 4) is 0 Å². The smallest absolute Gasteiger partial charge is 0.190 e. The summed E-state index contributed by atoms with van der Waals surface area (Å²) >= 11 is 3.56. The Balaban J connectivity index is 2.05. The van der Waals surface area contributed by atoms with Crippen molar-refractivity contribution in [3.63, 3.8) is 0 Å². The Morgan fingerprint density at radius 3 is 2.90 bits per heavy atom. The van der Waals surface area contributed by atoms with Gasteiger partial charge >= 0.3 is 0 Å². The van der Waals surface area contributed by atoms with E-state index in [0.29, 0.717) is 0 Å². The zero-order valence-electron chi connectivity index (χ0n) is 12.7. The average Bonchev–Trinajstić information content (AvgIpc) is 2.45. The minimum atomic E-state index is 0.724. The third kappa shape index (κ3) is 4.85. The maximum absolute atomic E-state index is 4.65. The van der Waals surface area contributed by atoms with Gasteiger partial charge in [0, 0.05) is 17.9 Å². The van der Waals surface area contributed by atoms with Crippen LogP contribution < -0.4 is 5.32 Å². The molecule has 1 aliphatic rings. The first-order valence-electron chi connectivity index (χ1n) is 7.54. The van der Waals surface area contributed by atoms with Gasteiger partial charge in [-0.15, -0.1) is 11.8 Å². The molecule has 0 aliphatic heterocycles. The highest BCUT2D eigenvalue weighted by atomic mass is 32.2.